The van der Waals surface area contributed by atoms with Gasteiger partial charge < -0.3 is 19.1 Å². The largest absolute Gasteiger partial charge is 0.443 e. The highest BCUT2D eigenvalue weighted by Gasteiger charge is 2.35. The van der Waals surface area contributed by atoms with Crippen LogP contribution in [0.15, 0.2) is 17.0 Å². The Morgan fingerprint density at radius 3 is 2.11 bits per heavy atom. The third-order valence-electron chi connectivity index (χ3n) is 3.29. The van der Waals surface area contributed by atoms with E-state index in [9.17, 15) is 14.7 Å². The van der Waals surface area contributed by atoms with Crippen LogP contribution in [-0.2, 0) is 16.0 Å². The maximum Gasteiger partial charge on any atom is 0.425 e. The fourth-order valence-corrected chi connectivity index (χ4v) is 2.97. The highest BCUT2D eigenvalue weighted by molar-refractivity contribution is 9.10. The molecule has 2 rings (SSSR count). The lowest BCUT2D eigenvalue weighted by molar-refractivity contribution is 0.0429. The van der Waals surface area contributed by atoms with Gasteiger partial charge in [-0.2, -0.15) is 4.90 Å². The van der Waals surface area contributed by atoms with Crippen molar-refractivity contribution in [3.05, 3.63) is 17.0 Å². The Hall–Kier alpha value is -2.20. The predicted octanol–water partition coefficient (Wildman–Crippen LogP) is 3.86. The minimum atomic E-state index is -0.913. The number of carbonyl (C=O) groups is 2. The number of halogens is 1. The first-order chi connectivity index (χ1) is 12.8. The number of fused-ring (bicyclic) bond motifs is 1. The number of carbonyl (C=O) groups excluding carboxylic acids is 2. The number of hydrogen-bond acceptors (Lipinski definition) is 7. The van der Waals surface area contributed by atoms with Crippen molar-refractivity contribution in [1.29, 1.82) is 0 Å². The topological polar surface area (TPSA) is 107 Å². The third-order valence-corrected chi connectivity index (χ3v) is 3.89. The predicted molar refractivity (Wildman–Crippen MR) is 107 cm³/mol. The number of ether oxygens (including phenoxy) is 2. The van der Waals surface area contributed by atoms with Crippen molar-refractivity contribution in [3.8, 4) is 0 Å². The molecule has 0 fully saturated rings. The quantitative estimate of drug-likeness (QED) is 0.746. The smallest absolute Gasteiger partial charge is 0.425 e. The average molecular weight is 457 g/mol. The molecule has 0 radical (unpaired) electrons. The molecule has 0 unspecified atom stereocenters. The maximum absolute atomic E-state index is 12.9. The van der Waals surface area contributed by atoms with E-state index in [1.807, 2.05) is 0 Å². The fraction of sp³-hybridized carbons (Fsp3) is 0.556. The van der Waals surface area contributed by atoms with Crippen LogP contribution in [-0.4, -0.2) is 49.6 Å². The molecule has 0 saturated carbocycles. The van der Waals surface area contributed by atoms with Gasteiger partial charge in [0.05, 0.1) is 12.0 Å². The number of anilines is 1. The molecule has 0 atom stereocenters. The second-order valence-electron chi connectivity index (χ2n) is 8.09. The van der Waals surface area contributed by atoms with Gasteiger partial charge in [0.1, 0.15) is 23.2 Å². The van der Waals surface area contributed by atoms with E-state index < -0.39 is 23.4 Å². The van der Waals surface area contributed by atoms with Crippen LogP contribution < -0.4 is 4.90 Å². The lowest BCUT2D eigenvalue weighted by atomic mass is 10.2. The molecule has 0 bridgehead atoms. The van der Waals surface area contributed by atoms with Gasteiger partial charge in [-0.05, 0) is 57.5 Å². The standard InChI is InChI=1S/C18H25BrN4O5/c1-17(2,3)27-15(25)23(16(26)28-18(4,5)6)14-12-11(19)9-22(7-8-24)13(12)20-10-21-14/h9-10,24H,7-8H2,1-6H3. The summed E-state index contributed by atoms with van der Waals surface area (Å²) in [6.07, 6.45) is 1.10. The van der Waals surface area contributed by atoms with Gasteiger partial charge in [-0.25, -0.2) is 19.6 Å². The number of hydrogen-bond donors (Lipinski definition) is 1. The van der Waals surface area contributed by atoms with E-state index in [2.05, 4.69) is 25.9 Å². The summed E-state index contributed by atoms with van der Waals surface area (Å²) in [6.45, 7) is 10.4. The fourth-order valence-electron chi connectivity index (χ4n) is 2.37. The zero-order valence-corrected chi connectivity index (χ0v) is 18.4. The number of rotatable bonds is 3. The molecule has 154 valence electrons. The number of amides is 2. The summed E-state index contributed by atoms with van der Waals surface area (Å²) >= 11 is 3.41. The Balaban J connectivity index is 2.63. The molecule has 2 aromatic rings. The molecule has 0 saturated heterocycles. The van der Waals surface area contributed by atoms with Crippen LogP contribution in [0.1, 0.15) is 41.5 Å². The molecule has 1 N–H and O–H groups in total. The number of aliphatic hydroxyl groups is 1. The van der Waals surface area contributed by atoms with E-state index in [0.29, 0.717) is 15.5 Å². The SMILES string of the molecule is CC(C)(C)OC(=O)N(C(=O)OC(C)(C)C)c1ncnc2c1c(Br)cn2CCO. The lowest BCUT2D eigenvalue weighted by Gasteiger charge is -2.28. The third kappa shape index (κ3) is 5.20. The van der Waals surface area contributed by atoms with Crippen LogP contribution in [0, 0.1) is 0 Å². The zero-order valence-electron chi connectivity index (χ0n) is 16.8. The van der Waals surface area contributed by atoms with Crippen LogP contribution in [0.25, 0.3) is 11.0 Å². The molecular weight excluding hydrogens is 432 g/mol. The van der Waals surface area contributed by atoms with E-state index in [0.717, 1.165) is 4.90 Å². The van der Waals surface area contributed by atoms with Crippen LogP contribution in [0.2, 0.25) is 0 Å². The molecule has 2 heterocycles. The molecule has 0 aliphatic heterocycles. The second-order valence-corrected chi connectivity index (χ2v) is 8.94. The summed E-state index contributed by atoms with van der Waals surface area (Å²) in [4.78, 5) is 34.8. The summed E-state index contributed by atoms with van der Waals surface area (Å²) in [5.74, 6) is 0.0251. The van der Waals surface area contributed by atoms with E-state index >= 15 is 0 Å². The van der Waals surface area contributed by atoms with Gasteiger partial charge in [0.15, 0.2) is 5.82 Å². The molecule has 2 aromatic heterocycles. The van der Waals surface area contributed by atoms with Gasteiger partial charge in [-0.1, -0.05) is 0 Å². The van der Waals surface area contributed by atoms with Crippen molar-refractivity contribution in [1.82, 2.24) is 14.5 Å². The van der Waals surface area contributed by atoms with Gasteiger partial charge in [-0.15, -0.1) is 0 Å². The normalized spacial score (nSPS) is 12.1. The summed E-state index contributed by atoms with van der Waals surface area (Å²) in [5, 5.41) is 9.68. The zero-order chi connectivity index (χ0) is 21.3. The van der Waals surface area contributed by atoms with Gasteiger partial charge in [0.25, 0.3) is 0 Å². The number of imide groups is 1. The molecule has 0 aliphatic rings. The minimum absolute atomic E-state index is 0.0251. The summed E-state index contributed by atoms with van der Waals surface area (Å²) in [7, 11) is 0. The molecule has 9 nitrogen and oxygen atoms in total. The van der Waals surface area contributed by atoms with Crippen LogP contribution in [0.5, 0.6) is 0 Å². The Morgan fingerprint density at radius 2 is 1.64 bits per heavy atom. The summed E-state index contributed by atoms with van der Waals surface area (Å²) < 4.78 is 13.0. The van der Waals surface area contributed by atoms with Crippen molar-refractivity contribution in [3.63, 3.8) is 0 Å². The van der Waals surface area contributed by atoms with Crippen LogP contribution in [0.4, 0.5) is 15.4 Å². The van der Waals surface area contributed by atoms with E-state index in [-0.39, 0.29) is 19.0 Å². The Morgan fingerprint density at radius 1 is 1.11 bits per heavy atom. The number of nitrogens with zero attached hydrogens (tertiary/aromatic N) is 4. The van der Waals surface area contributed by atoms with Crippen molar-refractivity contribution < 1.29 is 24.2 Å². The lowest BCUT2D eigenvalue weighted by Crippen LogP contribution is -2.44. The molecule has 10 heteroatoms. The van der Waals surface area contributed by atoms with E-state index in [1.54, 1.807) is 52.3 Å². The van der Waals surface area contributed by atoms with Gasteiger partial charge in [-0.3, -0.25) is 0 Å². The highest BCUT2D eigenvalue weighted by atomic mass is 79.9. The first kappa shape index (κ1) is 22.1. The Kier molecular flexibility index (Phi) is 6.34. The van der Waals surface area contributed by atoms with Crippen molar-refractivity contribution in [2.45, 2.75) is 59.3 Å². The molecular formula is C18H25BrN4O5. The second kappa shape index (κ2) is 8.04. The molecule has 2 amide bonds. The Bertz CT molecular complexity index is 854. The van der Waals surface area contributed by atoms with Crippen molar-refractivity contribution in [2.24, 2.45) is 0 Å². The highest BCUT2D eigenvalue weighted by Crippen LogP contribution is 2.33. The van der Waals surface area contributed by atoms with Crippen LogP contribution in [0.3, 0.4) is 0 Å². The molecule has 0 aromatic carbocycles. The minimum Gasteiger partial charge on any atom is -0.443 e. The van der Waals surface area contributed by atoms with Crippen LogP contribution >= 0.6 is 15.9 Å². The van der Waals surface area contributed by atoms with E-state index in [4.69, 9.17) is 9.47 Å². The summed E-state index contributed by atoms with van der Waals surface area (Å²) in [5.41, 5.74) is -1.21. The van der Waals surface area contributed by atoms with Crippen molar-refractivity contribution >= 4 is 45.0 Å². The Labute approximate surface area is 171 Å². The van der Waals surface area contributed by atoms with Crippen molar-refractivity contribution in [2.75, 3.05) is 11.5 Å². The number of aromatic nitrogens is 3. The molecule has 28 heavy (non-hydrogen) atoms. The monoisotopic (exact) mass is 456 g/mol. The van der Waals surface area contributed by atoms with Gasteiger partial charge in [0, 0.05) is 17.2 Å². The molecule has 0 aliphatic carbocycles. The first-order valence-electron chi connectivity index (χ1n) is 8.70. The maximum atomic E-state index is 12.9. The number of aliphatic hydroxyl groups excluding tert-OH is 1. The average Bonchev–Trinajstić information content (AvgIpc) is 2.81. The van der Waals surface area contributed by atoms with E-state index in [1.165, 1.54) is 6.33 Å². The molecule has 0 spiro atoms. The van der Waals surface area contributed by atoms with Gasteiger partial charge in [0.2, 0.25) is 0 Å². The summed E-state index contributed by atoms with van der Waals surface area (Å²) in [6, 6.07) is 0. The first-order valence-corrected chi connectivity index (χ1v) is 9.49. The van der Waals surface area contributed by atoms with Gasteiger partial charge >= 0.3 is 12.2 Å².